The molecule has 0 aliphatic heterocycles. The van der Waals surface area contributed by atoms with Gasteiger partial charge in [-0.05, 0) is 30.7 Å². The zero-order valence-electron chi connectivity index (χ0n) is 10.6. The van der Waals surface area contributed by atoms with Crippen LogP contribution in [0.4, 0.5) is 15.8 Å². The van der Waals surface area contributed by atoms with Crippen molar-refractivity contribution in [2.24, 2.45) is 0 Å². The highest BCUT2D eigenvalue weighted by atomic mass is 35.5. The molecule has 1 N–H and O–H groups in total. The van der Waals surface area contributed by atoms with E-state index in [0.717, 1.165) is 17.7 Å². The molecule has 4 nitrogen and oxygen atoms in total. The molecule has 0 aliphatic carbocycles. The highest BCUT2D eigenvalue weighted by molar-refractivity contribution is 6.30. The van der Waals surface area contributed by atoms with Crippen LogP contribution < -0.4 is 5.32 Å². The van der Waals surface area contributed by atoms with Gasteiger partial charge in [-0.1, -0.05) is 23.7 Å². The normalized spacial score (nSPS) is 11.9. The molecule has 0 spiro atoms. The first-order valence-corrected chi connectivity index (χ1v) is 6.31. The lowest BCUT2D eigenvalue weighted by molar-refractivity contribution is -0.387. The van der Waals surface area contributed by atoms with Gasteiger partial charge in [-0.15, -0.1) is 0 Å². The fraction of sp³-hybridized carbons (Fsp3) is 0.143. The number of nitro groups is 1. The summed E-state index contributed by atoms with van der Waals surface area (Å²) in [6, 6.07) is 10.9. The van der Waals surface area contributed by atoms with Crippen molar-refractivity contribution in [3.05, 3.63) is 69.0 Å². The molecule has 2 aromatic rings. The summed E-state index contributed by atoms with van der Waals surface area (Å²) in [4.78, 5) is 9.79. The van der Waals surface area contributed by atoms with Gasteiger partial charge in [0.15, 0.2) is 0 Å². The summed E-state index contributed by atoms with van der Waals surface area (Å²) in [5.74, 6) is -0.863. The Bertz CT molecular complexity index is 649. The van der Waals surface area contributed by atoms with E-state index in [0.29, 0.717) is 10.7 Å². The Balaban J connectivity index is 2.18. The Hall–Kier alpha value is -2.14. The van der Waals surface area contributed by atoms with Crippen LogP contribution in [0.3, 0.4) is 0 Å². The van der Waals surface area contributed by atoms with E-state index in [9.17, 15) is 14.5 Å². The molecular weight excluding hydrogens is 283 g/mol. The van der Waals surface area contributed by atoms with Gasteiger partial charge in [-0.3, -0.25) is 10.1 Å². The molecule has 0 fully saturated rings. The predicted octanol–water partition coefficient (Wildman–Crippen LogP) is 4.56. The van der Waals surface area contributed by atoms with Gasteiger partial charge in [0.1, 0.15) is 0 Å². The Labute approximate surface area is 120 Å². The summed E-state index contributed by atoms with van der Waals surface area (Å²) in [5.41, 5.74) is 0.878. The maximum Gasteiger partial charge on any atom is 0.304 e. The molecule has 0 aliphatic rings. The highest BCUT2D eigenvalue weighted by Crippen LogP contribution is 2.25. The zero-order chi connectivity index (χ0) is 14.7. The van der Waals surface area contributed by atoms with Crippen LogP contribution in [0.15, 0.2) is 42.5 Å². The molecule has 0 heterocycles. The fourth-order valence-electron chi connectivity index (χ4n) is 1.85. The Kier molecular flexibility index (Phi) is 4.20. The SMILES string of the molecule is CC(Nc1ccc([N+](=O)[O-])c(F)c1)c1cccc(Cl)c1. The van der Waals surface area contributed by atoms with Gasteiger partial charge >= 0.3 is 5.69 Å². The van der Waals surface area contributed by atoms with E-state index < -0.39 is 16.4 Å². The summed E-state index contributed by atoms with van der Waals surface area (Å²) in [5, 5.41) is 14.2. The lowest BCUT2D eigenvalue weighted by atomic mass is 10.1. The van der Waals surface area contributed by atoms with Gasteiger partial charge in [0.25, 0.3) is 0 Å². The van der Waals surface area contributed by atoms with Crippen LogP contribution in [0, 0.1) is 15.9 Å². The molecule has 1 unspecified atom stereocenters. The molecule has 104 valence electrons. The first kappa shape index (κ1) is 14.3. The van der Waals surface area contributed by atoms with Crippen LogP contribution in [0.5, 0.6) is 0 Å². The van der Waals surface area contributed by atoms with Gasteiger partial charge in [0.05, 0.1) is 4.92 Å². The summed E-state index contributed by atoms with van der Waals surface area (Å²) < 4.78 is 13.5. The zero-order valence-corrected chi connectivity index (χ0v) is 11.4. The molecule has 0 radical (unpaired) electrons. The molecule has 1 atom stereocenters. The molecule has 2 rings (SSSR count). The summed E-state index contributed by atoms with van der Waals surface area (Å²) >= 11 is 5.91. The minimum Gasteiger partial charge on any atom is -0.378 e. The van der Waals surface area contributed by atoms with Crippen LogP contribution >= 0.6 is 11.6 Å². The van der Waals surface area contributed by atoms with Crippen LogP contribution in [0.25, 0.3) is 0 Å². The lowest BCUT2D eigenvalue weighted by Gasteiger charge is -2.16. The molecular formula is C14H12ClFN2O2. The molecule has 2 aromatic carbocycles. The highest BCUT2D eigenvalue weighted by Gasteiger charge is 2.14. The van der Waals surface area contributed by atoms with Crippen LogP contribution in [0.2, 0.25) is 5.02 Å². The number of nitrogens with one attached hydrogen (secondary N) is 1. The van der Waals surface area contributed by atoms with Gasteiger partial charge in [-0.25, -0.2) is 0 Å². The smallest absolute Gasteiger partial charge is 0.304 e. The van der Waals surface area contributed by atoms with Crippen LogP contribution in [-0.4, -0.2) is 4.92 Å². The number of rotatable bonds is 4. The number of hydrogen-bond donors (Lipinski definition) is 1. The van der Waals surface area contributed by atoms with Crippen molar-refractivity contribution < 1.29 is 9.31 Å². The Morgan fingerprint density at radius 3 is 2.65 bits per heavy atom. The second-order valence-corrected chi connectivity index (χ2v) is 4.78. The molecule has 0 saturated carbocycles. The number of anilines is 1. The molecule has 20 heavy (non-hydrogen) atoms. The van der Waals surface area contributed by atoms with Crippen molar-refractivity contribution in [1.82, 2.24) is 0 Å². The van der Waals surface area contributed by atoms with Crippen molar-refractivity contribution in [3.8, 4) is 0 Å². The van der Waals surface area contributed by atoms with Gasteiger partial charge < -0.3 is 5.32 Å². The maximum absolute atomic E-state index is 13.5. The van der Waals surface area contributed by atoms with Gasteiger partial charge in [0.2, 0.25) is 5.82 Å². The van der Waals surface area contributed by atoms with Crippen molar-refractivity contribution in [3.63, 3.8) is 0 Å². The monoisotopic (exact) mass is 294 g/mol. The number of halogens is 2. The third-order valence-corrected chi connectivity index (χ3v) is 3.11. The summed E-state index contributed by atoms with van der Waals surface area (Å²) in [6.07, 6.45) is 0. The van der Waals surface area contributed by atoms with E-state index in [1.807, 2.05) is 19.1 Å². The maximum atomic E-state index is 13.5. The van der Waals surface area contributed by atoms with Crippen LogP contribution in [-0.2, 0) is 0 Å². The molecule has 0 aromatic heterocycles. The summed E-state index contributed by atoms with van der Waals surface area (Å²) in [6.45, 7) is 1.89. The molecule has 0 bridgehead atoms. The van der Waals surface area contributed by atoms with E-state index in [2.05, 4.69) is 5.32 Å². The minimum atomic E-state index is -0.863. The van der Waals surface area contributed by atoms with E-state index in [1.54, 1.807) is 12.1 Å². The third-order valence-electron chi connectivity index (χ3n) is 2.88. The standard InChI is InChI=1S/C14H12ClFN2O2/c1-9(10-3-2-4-11(15)7-10)17-12-5-6-14(18(19)20)13(16)8-12/h2-9,17H,1H3. The van der Waals surface area contributed by atoms with E-state index in [-0.39, 0.29) is 6.04 Å². The van der Waals surface area contributed by atoms with Gasteiger partial charge in [0, 0.05) is 28.9 Å². The topological polar surface area (TPSA) is 55.2 Å². The molecule has 0 amide bonds. The number of nitrogens with zero attached hydrogens (tertiary/aromatic N) is 1. The minimum absolute atomic E-state index is 0.102. The van der Waals surface area contributed by atoms with E-state index in [4.69, 9.17) is 11.6 Å². The quantitative estimate of drug-likeness (QED) is 0.664. The molecule has 6 heteroatoms. The van der Waals surface area contributed by atoms with E-state index in [1.165, 1.54) is 6.07 Å². The Morgan fingerprint density at radius 1 is 1.30 bits per heavy atom. The number of hydrogen-bond acceptors (Lipinski definition) is 3. The first-order valence-electron chi connectivity index (χ1n) is 5.93. The molecule has 0 saturated heterocycles. The van der Waals surface area contributed by atoms with Gasteiger partial charge in [-0.2, -0.15) is 4.39 Å². The van der Waals surface area contributed by atoms with Crippen molar-refractivity contribution in [2.45, 2.75) is 13.0 Å². The second-order valence-electron chi connectivity index (χ2n) is 4.34. The van der Waals surface area contributed by atoms with Crippen LogP contribution in [0.1, 0.15) is 18.5 Å². The predicted molar refractivity (Wildman–Crippen MR) is 76.5 cm³/mol. The average Bonchev–Trinajstić information content (AvgIpc) is 2.38. The van der Waals surface area contributed by atoms with Crippen molar-refractivity contribution >= 4 is 23.0 Å². The summed E-state index contributed by atoms with van der Waals surface area (Å²) in [7, 11) is 0. The largest absolute Gasteiger partial charge is 0.378 e. The first-order chi connectivity index (χ1) is 9.47. The van der Waals surface area contributed by atoms with Crippen molar-refractivity contribution in [2.75, 3.05) is 5.32 Å². The Morgan fingerprint density at radius 2 is 2.05 bits per heavy atom. The average molecular weight is 295 g/mol. The van der Waals surface area contributed by atoms with E-state index >= 15 is 0 Å². The third kappa shape index (κ3) is 3.24. The number of benzene rings is 2. The second kappa shape index (κ2) is 5.88. The van der Waals surface area contributed by atoms with Crippen molar-refractivity contribution in [1.29, 1.82) is 0 Å². The fourth-order valence-corrected chi connectivity index (χ4v) is 2.05. The number of nitro benzene ring substituents is 1. The lowest BCUT2D eigenvalue weighted by Crippen LogP contribution is -2.07.